The maximum absolute atomic E-state index is 13.0. The minimum absolute atomic E-state index is 0.487. The summed E-state index contributed by atoms with van der Waals surface area (Å²) in [5.74, 6) is 0. The van der Waals surface area contributed by atoms with Gasteiger partial charge in [0.25, 0.3) is 0 Å². The minimum atomic E-state index is -3.02. The first kappa shape index (κ1) is 11.2. The summed E-state index contributed by atoms with van der Waals surface area (Å²) in [6.07, 6.45) is 0. The molecule has 0 atom stereocenters. The third kappa shape index (κ3) is 2.79. The standard InChI is InChI=1S/C9H11ClFIO/c1-9(2,13)7-5-3-4-6-8(7)12(10)11/h3-6,13H,1-2H3. The first-order chi connectivity index (χ1) is 5.93. The average Bonchev–Trinajstić information content (AvgIpc) is 2.03. The molecule has 1 aromatic rings. The van der Waals surface area contributed by atoms with E-state index in [0.717, 1.165) is 0 Å². The van der Waals surface area contributed by atoms with Crippen molar-refractivity contribution in [2.45, 2.75) is 19.4 Å². The van der Waals surface area contributed by atoms with Crippen LogP contribution in [0, 0.1) is 3.57 Å². The van der Waals surface area contributed by atoms with E-state index in [1.807, 2.05) is 0 Å². The predicted molar refractivity (Wildman–Crippen MR) is 61.4 cm³/mol. The molecule has 0 amide bonds. The summed E-state index contributed by atoms with van der Waals surface area (Å²) in [4.78, 5) is 0. The molecule has 0 aliphatic heterocycles. The monoisotopic (exact) mass is 316 g/mol. The van der Waals surface area contributed by atoms with E-state index in [1.54, 1.807) is 38.1 Å². The molecule has 4 heteroatoms. The Kier molecular flexibility index (Phi) is 3.54. The first-order valence-corrected chi connectivity index (χ1v) is 8.40. The Morgan fingerprint density at radius 2 is 1.92 bits per heavy atom. The van der Waals surface area contributed by atoms with Gasteiger partial charge >= 0.3 is 89.0 Å². The summed E-state index contributed by atoms with van der Waals surface area (Å²) in [6.45, 7) is 3.25. The van der Waals surface area contributed by atoms with Crippen LogP contribution in [0.4, 0.5) is 2.86 Å². The fourth-order valence-corrected chi connectivity index (χ4v) is 3.68. The van der Waals surface area contributed by atoms with E-state index in [4.69, 9.17) is 8.91 Å². The zero-order chi connectivity index (χ0) is 10.1. The number of aliphatic hydroxyl groups is 1. The van der Waals surface area contributed by atoms with E-state index in [9.17, 15) is 7.97 Å². The number of halogens is 3. The number of benzene rings is 1. The molecule has 74 valence electrons. The van der Waals surface area contributed by atoms with Crippen molar-refractivity contribution in [2.75, 3.05) is 0 Å². The van der Waals surface area contributed by atoms with E-state index in [-0.39, 0.29) is 0 Å². The summed E-state index contributed by atoms with van der Waals surface area (Å²) < 4.78 is 13.5. The van der Waals surface area contributed by atoms with Crippen molar-refractivity contribution in [1.82, 2.24) is 0 Å². The molecule has 0 saturated heterocycles. The predicted octanol–water partition coefficient (Wildman–Crippen LogP) is 3.63. The van der Waals surface area contributed by atoms with Crippen molar-refractivity contribution in [3.63, 3.8) is 0 Å². The van der Waals surface area contributed by atoms with Gasteiger partial charge in [0.05, 0.1) is 0 Å². The molecule has 0 spiro atoms. The van der Waals surface area contributed by atoms with Crippen molar-refractivity contribution in [3.8, 4) is 0 Å². The molecule has 0 unspecified atom stereocenters. The second kappa shape index (κ2) is 4.11. The fraction of sp³-hybridized carbons (Fsp3) is 0.333. The Labute approximate surface area is 88.8 Å². The molecule has 0 fully saturated rings. The molecule has 0 saturated carbocycles. The fourth-order valence-electron chi connectivity index (χ4n) is 1.08. The quantitative estimate of drug-likeness (QED) is 0.826. The number of hydrogen-bond acceptors (Lipinski definition) is 1. The summed E-state index contributed by atoms with van der Waals surface area (Å²) >= 11 is -3.02. The van der Waals surface area contributed by atoms with Crippen molar-refractivity contribution in [2.24, 2.45) is 0 Å². The number of hydrogen-bond donors (Lipinski definition) is 1. The van der Waals surface area contributed by atoms with E-state index in [1.165, 1.54) is 0 Å². The molecule has 0 aliphatic carbocycles. The van der Waals surface area contributed by atoms with Gasteiger partial charge in [0.1, 0.15) is 0 Å². The number of rotatable bonds is 2. The van der Waals surface area contributed by atoms with Crippen LogP contribution >= 0.6 is 28.2 Å². The molecule has 0 aromatic heterocycles. The van der Waals surface area contributed by atoms with Crippen molar-refractivity contribution >= 4 is 28.2 Å². The summed E-state index contributed by atoms with van der Waals surface area (Å²) in [5.41, 5.74) is -0.425. The van der Waals surface area contributed by atoms with Gasteiger partial charge < -0.3 is 0 Å². The molecule has 13 heavy (non-hydrogen) atoms. The van der Waals surface area contributed by atoms with Gasteiger partial charge in [-0.15, -0.1) is 0 Å². The summed E-state index contributed by atoms with van der Waals surface area (Å²) in [5, 5.41) is 9.72. The van der Waals surface area contributed by atoms with E-state index >= 15 is 0 Å². The van der Waals surface area contributed by atoms with E-state index < -0.39 is 24.9 Å². The Morgan fingerprint density at radius 1 is 1.38 bits per heavy atom. The average molecular weight is 317 g/mol. The van der Waals surface area contributed by atoms with Crippen molar-refractivity contribution in [3.05, 3.63) is 33.4 Å². The Bertz CT molecular complexity index is 296. The molecule has 1 rings (SSSR count). The molecule has 0 bridgehead atoms. The van der Waals surface area contributed by atoms with Gasteiger partial charge in [-0.25, -0.2) is 0 Å². The van der Waals surface area contributed by atoms with Gasteiger partial charge in [-0.1, -0.05) is 0 Å². The third-order valence-corrected chi connectivity index (χ3v) is 4.54. The van der Waals surface area contributed by atoms with Gasteiger partial charge in [-0.3, -0.25) is 0 Å². The van der Waals surface area contributed by atoms with Crippen LogP contribution in [0.25, 0.3) is 0 Å². The van der Waals surface area contributed by atoms with Gasteiger partial charge in [0.15, 0.2) is 0 Å². The van der Waals surface area contributed by atoms with E-state index in [2.05, 4.69) is 0 Å². The van der Waals surface area contributed by atoms with Crippen molar-refractivity contribution < 1.29 is 7.97 Å². The van der Waals surface area contributed by atoms with Crippen LogP contribution in [0.1, 0.15) is 19.4 Å². The summed E-state index contributed by atoms with van der Waals surface area (Å²) in [6, 6.07) is 6.86. The topological polar surface area (TPSA) is 20.2 Å². The molecular weight excluding hydrogens is 305 g/mol. The molecule has 1 nitrogen and oxygen atoms in total. The Hall–Kier alpha value is 0.130. The summed E-state index contributed by atoms with van der Waals surface area (Å²) in [7, 11) is 5.49. The Morgan fingerprint density at radius 3 is 2.31 bits per heavy atom. The van der Waals surface area contributed by atoms with E-state index in [0.29, 0.717) is 9.13 Å². The van der Waals surface area contributed by atoms with Crippen LogP contribution in [-0.2, 0) is 5.60 Å². The molecule has 0 aliphatic rings. The molecule has 1 aromatic carbocycles. The second-order valence-corrected chi connectivity index (χ2v) is 7.20. The second-order valence-electron chi connectivity index (χ2n) is 3.24. The van der Waals surface area contributed by atoms with Crippen LogP contribution in [0.3, 0.4) is 0 Å². The van der Waals surface area contributed by atoms with Crippen molar-refractivity contribution in [1.29, 1.82) is 0 Å². The van der Waals surface area contributed by atoms with Crippen LogP contribution in [0.5, 0.6) is 0 Å². The zero-order valence-electron chi connectivity index (χ0n) is 7.39. The first-order valence-electron chi connectivity index (χ1n) is 3.78. The zero-order valence-corrected chi connectivity index (χ0v) is 10.3. The third-order valence-electron chi connectivity index (χ3n) is 1.69. The molecule has 0 heterocycles. The molecular formula is C9H11ClFIO. The van der Waals surface area contributed by atoms with Gasteiger partial charge in [-0.2, -0.15) is 0 Å². The van der Waals surface area contributed by atoms with Crippen LogP contribution in [0.15, 0.2) is 24.3 Å². The van der Waals surface area contributed by atoms with Crippen LogP contribution in [-0.4, -0.2) is 5.11 Å². The Balaban J connectivity index is 3.20. The maximum atomic E-state index is 13.0. The van der Waals surface area contributed by atoms with Gasteiger partial charge in [0.2, 0.25) is 0 Å². The molecule has 1 N–H and O–H groups in total. The van der Waals surface area contributed by atoms with Crippen LogP contribution in [0.2, 0.25) is 0 Å². The van der Waals surface area contributed by atoms with Gasteiger partial charge in [-0.05, 0) is 0 Å². The SMILES string of the molecule is CC(C)(O)c1ccccc1I(F)Cl. The van der Waals surface area contributed by atoms with Crippen LogP contribution < -0.4 is 0 Å². The normalized spacial score (nSPS) is 12.8. The molecule has 0 radical (unpaired) electrons. The van der Waals surface area contributed by atoms with Gasteiger partial charge in [0, 0.05) is 0 Å².